The van der Waals surface area contributed by atoms with E-state index >= 15 is 0 Å². The number of anilines is 1. The van der Waals surface area contributed by atoms with E-state index in [0.717, 1.165) is 32.4 Å². The molecule has 114 valence electrons. The molecule has 0 aliphatic carbocycles. The van der Waals surface area contributed by atoms with Crippen LogP contribution in [0.3, 0.4) is 0 Å². The molecule has 1 aromatic carbocycles. The van der Waals surface area contributed by atoms with Gasteiger partial charge in [0.05, 0.1) is 11.8 Å². The molecule has 2 rings (SSSR count). The molecule has 5 nitrogen and oxygen atoms in total. The number of piperidine rings is 1. The van der Waals surface area contributed by atoms with Crippen LogP contribution in [0.1, 0.15) is 31.7 Å². The van der Waals surface area contributed by atoms with Crippen molar-refractivity contribution in [2.45, 2.75) is 32.6 Å². The van der Waals surface area contributed by atoms with E-state index in [1.807, 2.05) is 6.92 Å². The maximum atomic E-state index is 12.6. The number of aliphatic carboxylic acids is 1. The van der Waals surface area contributed by atoms with Crippen LogP contribution in [0.25, 0.3) is 0 Å². The van der Waals surface area contributed by atoms with Crippen molar-refractivity contribution < 1.29 is 14.7 Å². The third-order valence-electron chi connectivity index (χ3n) is 4.26. The molecule has 1 aliphatic heterocycles. The van der Waals surface area contributed by atoms with Crippen molar-refractivity contribution in [1.29, 1.82) is 0 Å². The van der Waals surface area contributed by atoms with Crippen LogP contribution in [-0.2, 0) is 16.0 Å². The zero-order valence-corrected chi connectivity index (χ0v) is 12.3. The van der Waals surface area contributed by atoms with Crippen LogP contribution >= 0.6 is 0 Å². The highest BCUT2D eigenvalue weighted by atomic mass is 16.4. The minimum atomic E-state index is -0.873. The Morgan fingerprint density at radius 1 is 1.33 bits per heavy atom. The van der Waals surface area contributed by atoms with Crippen molar-refractivity contribution >= 4 is 17.6 Å². The number of nitrogens with one attached hydrogen (secondary N) is 2. The van der Waals surface area contributed by atoms with E-state index in [2.05, 4.69) is 10.6 Å². The zero-order chi connectivity index (χ0) is 15.3. The molecule has 1 aromatic rings. The highest BCUT2D eigenvalue weighted by molar-refractivity contribution is 5.95. The third kappa shape index (κ3) is 3.82. The number of hydrogen-bond acceptors (Lipinski definition) is 3. The van der Waals surface area contributed by atoms with Gasteiger partial charge in [-0.05, 0) is 50.0 Å². The van der Waals surface area contributed by atoms with Gasteiger partial charge in [0.1, 0.15) is 0 Å². The summed E-state index contributed by atoms with van der Waals surface area (Å²) < 4.78 is 0. The fourth-order valence-corrected chi connectivity index (χ4v) is 2.84. The maximum absolute atomic E-state index is 12.6. The molecule has 1 saturated heterocycles. The molecule has 0 bridgehead atoms. The molecule has 21 heavy (non-hydrogen) atoms. The largest absolute Gasteiger partial charge is 0.481 e. The fourth-order valence-electron chi connectivity index (χ4n) is 2.84. The van der Waals surface area contributed by atoms with Gasteiger partial charge in [0.15, 0.2) is 0 Å². The summed E-state index contributed by atoms with van der Waals surface area (Å²) in [6.07, 6.45) is 2.45. The lowest BCUT2D eigenvalue weighted by Gasteiger charge is -2.35. The lowest BCUT2D eigenvalue weighted by molar-refractivity contribution is -0.136. The van der Waals surface area contributed by atoms with Gasteiger partial charge in [-0.25, -0.2) is 0 Å². The maximum Gasteiger partial charge on any atom is 0.307 e. The lowest BCUT2D eigenvalue weighted by atomic mass is 9.76. The first-order chi connectivity index (χ1) is 10.1. The van der Waals surface area contributed by atoms with Crippen molar-refractivity contribution in [3.63, 3.8) is 0 Å². The number of carbonyl (C=O) groups is 2. The van der Waals surface area contributed by atoms with Gasteiger partial charge in [-0.3, -0.25) is 9.59 Å². The Bertz CT molecular complexity index is 522. The molecule has 0 aromatic heterocycles. The zero-order valence-electron chi connectivity index (χ0n) is 12.3. The monoisotopic (exact) mass is 290 g/mol. The molecule has 3 N–H and O–H groups in total. The van der Waals surface area contributed by atoms with E-state index < -0.39 is 5.97 Å². The van der Waals surface area contributed by atoms with Crippen molar-refractivity contribution in [3.05, 3.63) is 29.8 Å². The number of amides is 1. The van der Waals surface area contributed by atoms with Crippen molar-refractivity contribution in [1.82, 2.24) is 5.32 Å². The summed E-state index contributed by atoms with van der Waals surface area (Å²) in [4.78, 5) is 23.4. The van der Waals surface area contributed by atoms with Crippen LogP contribution in [0.15, 0.2) is 24.3 Å². The predicted molar refractivity (Wildman–Crippen MR) is 81.2 cm³/mol. The van der Waals surface area contributed by atoms with Crippen molar-refractivity contribution in [2.24, 2.45) is 5.41 Å². The Labute approximate surface area is 124 Å². The second-order valence-corrected chi connectivity index (χ2v) is 5.61. The van der Waals surface area contributed by atoms with Gasteiger partial charge in [-0.15, -0.1) is 0 Å². The minimum absolute atomic E-state index is 0.0352. The van der Waals surface area contributed by atoms with E-state index in [1.165, 1.54) is 0 Å². The first kappa shape index (κ1) is 15.5. The highest BCUT2D eigenvalue weighted by Gasteiger charge is 2.37. The standard InChI is InChI=1S/C16H22N2O3/c1-2-16(6-8-17-9-7-16)15(21)18-13-5-3-4-12(10-13)11-14(19)20/h3-5,10,17H,2,6-9,11H2,1H3,(H,18,21)(H,19,20). The lowest BCUT2D eigenvalue weighted by Crippen LogP contribution is -2.44. The van der Waals surface area contributed by atoms with Crippen molar-refractivity contribution in [2.75, 3.05) is 18.4 Å². The van der Waals surface area contributed by atoms with E-state index in [-0.39, 0.29) is 17.7 Å². The second kappa shape index (κ2) is 6.72. The Kier molecular flexibility index (Phi) is 4.96. The molecular formula is C16H22N2O3. The normalized spacial score (nSPS) is 17.2. The molecule has 0 atom stereocenters. The molecule has 5 heteroatoms. The SMILES string of the molecule is CCC1(C(=O)Nc2cccc(CC(=O)O)c2)CCNCC1. The minimum Gasteiger partial charge on any atom is -0.481 e. The number of benzene rings is 1. The number of hydrogen-bond donors (Lipinski definition) is 3. The molecule has 1 aliphatic rings. The summed E-state index contributed by atoms with van der Waals surface area (Å²) in [7, 11) is 0. The van der Waals surface area contributed by atoms with E-state index in [0.29, 0.717) is 11.3 Å². The molecule has 0 spiro atoms. The Balaban J connectivity index is 2.09. The highest BCUT2D eigenvalue weighted by Crippen LogP contribution is 2.33. The van der Waals surface area contributed by atoms with E-state index in [1.54, 1.807) is 24.3 Å². The predicted octanol–water partition coefficient (Wildman–Crippen LogP) is 2.03. The van der Waals surface area contributed by atoms with E-state index in [4.69, 9.17) is 5.11 Å². The third-order valence-corrected chi connectivity index (χ3v) is 4.26. The summed E-state index contributed by atoms with van der Waals surface area (Å²) in [5.74, 6) is -0.833. The van der Waals surface area contributed by atoms with Crippen LogP contribution < -0.4 is 10.6 Å². The van der Waals surface area contributed by atoms with Crippen LogP contribution in [0.4, 0.5) is 5.69 Å². The summed E-state index contributed by atoms with van der Waals surface area (Å²) in [6.45, 7) is 3.77. The second-order valence-electron chi connectivity index (χ2n) is 5.61. The van der Waals surface area contributed by atoms with Gasteiger partial charge in [-0.1, -0.05) is 19.1 Å². The van der Waals surface area contributed by atoms with Crippen LogP contribution in [0.5, 0.6) is 0 Å². The van der Waals surface area contributed by atoms with Gasteiger partial charge in [0, 0.05) is 5.69 Å². The van der Waals surface area contributed by atoms with Gasteiger partial charge in [0.25, 0.3) is 0 Å². The first-order valence-electron chi connectivity index (χ1n) is 7.39. The number of carboxylic acid groups (broad SMARTS) is 1. The molecular weight excluding hydrogens is 268 g/mol. The number of carbonyl (C=O) groups excluding carboxylic acids is 1. The molecule has 0 unspecified atom stereocenters. The van der Waals surface area contributed by atoms with Crippen molar-refractivity contribution in [3.8, 4) is 0 Å². The van der Waals surface area contributed by atoms with Crippen LogP contribution in [0.2, 0.25) is 0 Å². The van der Waals surface area contributed by atoms with Crippen LogP contribution in [-0.4, -0.2) is 30.1 Å². The summed E-state index contributed by atoms with van der Waals surface area (Å²) in [5.41, 5.74) is 1.05. The average Bonchev–Trinajstić information content (AvgIpc) is 2.47. The summed E-state index contributed by atoms with van der Waals surface area (Å²) >= 11 is 0. The molecule has 1 amide bonds. The number of carboxylic acids is 1. The fraction of sp³-hybridized carbons (Fsp3) is 0.500. The molecule has 1 heterocycles. The molecule has 0 radical (unpaired) electrons. The van der Waals surface area contributed by atoms with Gasteiger partial charge in [-0.2, -0.15) is 0 Å². The van der Waals surface area contributed by atoms with Gasteiger partial charge in [0.2, 0.25) is 5.91 Å². The van der Waals surface area contributed by atoms with Gasteiger partial charge < -0.3 is 15.7 Å². The Morgan fingerprint density at radius 2 is 2.05 bits per heavy atom. The Morgan fingerprint density at radius 3 is 2.67 bits per heavy atom. The first-order valence-corrected chi connectivity index (χ1v) is 7.39. The van der Waals surface area contributed by atoms with E-state index in [9.17, 15) is 9.59 Å². The van der Waals surface area contributed by atoms with Crippen LogP contribution in [0, 0.1) is 5.41 Å². The smallest absolute Gasteiger partial charge is 0.307 e. The summed E-state index contributed by atoms with van der Waals surface area (Å²) in [5, 5.41) is 15.1. The average molecular weight is 290 g/mol. The molecule has 1 fully saturated rings. The molecule has 0 saturated carbocycles. The Hall–Kier alpha value is -1.88. The van der Waals surface area contributed by atoms with Gasteiger partial charge >= 0.3 is 5.97 Å². The quantitative estimate of drug-likeness (QED) is 0.775. The number of rotatable bonds is 5. The topological polar surface area (TPSA) is 78.4 Å². The summed E-state index contributed by atoms with van der Waals surface area (Å²) in [6, 6.07) is 7.06.